The maximum atomic E-state index is 13.2. The van der Waals surface area contributed by atoms with E-state index in [0.29, 0.717) is 18.7 Å². The monoisotopic (exact) mass is 213 g/mol. The lowest BCUT2D eigenvalue weighted by atomic mass is 10.2. The maximum absolute atomic E-state index is 13.2. The second-order valence-electron chi connectivity index (χ2n) is 3.65. The van der Waals surface area contributed by atoms with E-state index in [4.69, 9.17) is 4.74 Å². The van der Waals surface area contributed by atoms with Crippen LogP contribution in [0.5, 0.6) is 0 Å². The molecule has 4 heteroatoms. The molecule has 1 heterocycles. The normalized spacial score (nSPS) is 20.8. The molecule has 1 fully saturated rings. The van der Waals surface area contributed by atoms with E-state index in [-0.39, 0.29) is 6.04 Å². The van der Waals surface area contributed by atoms with Crippen LogP contribution in [0.25, 0.3) is 0 Å². The summed E-state index contributed by atoms with van der Waals surface area (Å²) < 4.78 is 31.3. The van der Waals surface area contributed by atoms with Crippen LogP contribution in [0.2, 0.25) is 0 Å². The van der Waals surface area contributed by atoms with E-state index in [1.807, 2.05) is 0 Å². The molecule has 1 aliphatic heterocycles. The minimum absolute atomic E-state index is 0.257. The summed E-state index contributed by atoms with van der Waals surface area (Å²) in [6, 6.07) is 4.48. The fourth-order valence-electron chi connectivity index (χ4n) is 1.63. The van der Waals surface area contributed by atoms with Gasteiger partial charge in [-0.15, -0.1) is 0 Å². The highest BCUT2D eigenvalue weighted by Crippen LogP contribution is 2.12. The lowest BCUT2D eigenvalue weighted by Crippen LogP contribution is -2.29. The second-order valence-corrected chi connectivity index (χ2v) is 3.65. The Kier molecular flexibility index (Phi) is 3.28. The molecule has 1 N–H and O–H groups in total. The zero-order chi connectivity index (χ0) is 10.7. The number of hydrogen-bond donors (Lipinski definition) is 1. The van der Waals surface area contributed by atoms with Crippen molar-refractivity contribution in [1.29, 1.82) is 0 Å². The van der Waals surface area contributed by atoms with Gasteiger partial charge >= 0.3 is 0 Å². The first-order chi connectivity index (χ1) is 7.27. The van der Waals surface area contributed by atoms with Crippen molar-refractivity contribution < 1.29 is 13.5 Å². The summed E-state index contributed by atoms with van der Waals surface area (Å²) in [7, 11) is 0. The fraction of sp³-hybridized carbons (Fsp3) is 0.455. The molecule has 0 amide bonds. The third kappa shape index (κ3) is 2.52. The SMILES string of the molecule is Fc1cccc(CNC2CCOC2)c1F. The minimum Gasteiger partial charge on any atom is -0.380 e. The van der Waals surface area contributed by atoms with Crippen LogP contribution < -0.4 is 5.32 Å². The summed E-state index contributed by atoms with van der Waals surface area (Å²) in [6.45, 7) is 1.73. The number of benzene rings is 1. The summed E-state index contributed by atoms with van der Waals surface area (Å²) in [4.78, 5) is 0. The Hall–Kier alpha value is -1.00. The average Bonchev–Trinajstić information content (AvgIpc) is 2.73. The highest BCUT2D eigenvalue weighted by molar-refractivity contribution is 5.18. The summed E-state index contributed by atoms with van der Waals surface area (Å²) in [5.74, 6) is -1.55. The van der Waals surface area contributed by atoms with Gasteiger partial charge in [0.25, 0.3) is 0 Å². The van der Waals surface area contributed by atoms with Gasteiger partial charge in [0.2, 0.25) is 0 Å². The first kappa shape index (κ1) is 10.5. The maximum Gasteiger partial charge on any atom is 0.163 e. The van der Waals surface area contributed by atoms with E-state index in [1.54, 1.807) is 6.07 Å². The molecule has 0 saturated carbocycles. The molecule has 15 heavy (non-hydrogen) atoms. The highest BCUT2D eigenvalue weighted by atomic mass is 19.2. The third-order valence-corrected chi connectivity index (χ3v) is 2.54. The molecule has 1 unspecified atom stereocenters. The largest absolute Gasteiger partial charge is 0.380 e. The van der Waals surface area contributed by atoms with Crippen LogP contribution in [-0.2, 0) is 11.3 Å². The quantitative estimate of drug-likeness (QED) is 0.827. The lowest BCUT2D eigenvalue weighted by molar-refractivity contribution is 0.189. The van der Waals surface area contributed by atoms with Gasteiger partial charge in [0.05, 0.1) is 6.61 Å². The van der Waals surface area contributed by atoms with E-state index < -0.39 is 11.6 Å². The van der Waals surface area contributed by atoms with Crippen molar-refractivity contribution in [3.05, 3.63) is 35.4 Å². The van der Waals surface area contributed by atoms with Crippen LogP contribution in [0.1, 0.15) is 12.0 Å². The highest BCUT2D eigenvalue weighted by Gasteiger charge is 2.15. The van der Waals surface area contributed by atoms with Crippen molar-refractivity contribution in [2.24, 2.45) is 0 Å². The van der Waals surface area contributed by atoms with Gasteiger partial charge < -0.3 is 10.1 Å². The minimum atomic E-state index is -0.794. The van der Waals surface area contributed by atoms with E-state index in [2.05, 4.69) is 5.32 Å². The standard InChI is InChI=1S/C11H13F2NO/c12-10-3-1-2-8(11(10)13)6-14-9-4-5-15-7-9/h1-3,9,14H,4-7H2. The predicted molar refractivity (Wildman–Crippen MR) is 52.4 cm³/mol. The Morgan fingerprint density at radius 1 is 1.40 bits per heavy atom. The summed E-state index contributed by atoms with van der Waals surface area (Å²) in [5, 5.41) is 3.13. The molecule has 0 spiro atoms. The van der Waals surface area contributed by atoms with Crippen LogP contribution in [0, 0.1) is 11.6 Å². The molecule has 1 aromatic rings. The van der Waals surface area contributed by atoms with E-state index in [0.717, 1.165) is 19.1 Å². The van der Waals surface area contributed by atoms with Crippen molar-refractivity contribution >= 4 is 0 Å². The number of ether oxygens (including phenoxy) is 1. The number of rotatable bonds is 3. The van der Waals surface area contributed by atoms with E-state index >= 15 is 0 Å². The lowest BCUT2D eigenvalue weighted by Gasteiger charge is -2.10. The summed E-state index contributed by atoms with van der Waals surface area (Å²) in [6.07, 6.45) is 0.928. The smallest absolute Gasteiger partial charge is 0.163 e. The van der Waals surface area contributed by atoms with Crippen molar-refractivity contribution in [1.82, 2.24) is 5.32 Å². The molecule has 0 bridgehead atoms. The molecule has 82 valence electrons. The van der Waals surface area contributed by atoms with Gasteiger partial charge in [-0.05, 0) is 12.5 Å². The van der Waals surface area contributed by atoms with E-state index in [1.165, 1.54) is 6.07 Å². The van der Waals surface area contributed by atoms with Gasteiger partial charge in [0, 0.05) is 24.8 Å². The number of halogens is 2. The Morgan fingerprint density at radius 2 is 2.27 bits per heavy atom. The van der Waals surface area contributed by atoms with Crippen molar-refractivity contribution in [3.8, 4) is 0 Å². The Bertz CT molecular complexity index is 337. The van der Waals surface area contributed by atoms with Gasteiger partial charge in [0.1, 0.15) is 0 Å². The zero-order valence-corrected chi connectivity index (χ0v) is 8.30. The van der Waals surface area contributed by atoms with Gasteiger partial charge in [-0.2, -0.15) is 0 Å². The Balaban J connectivity index is 1.95. The molecular weight excluding hydrogens is 200 g/mol. The van der Waals surface area contributed by atoms with Crippen molar-refractivity contribution in [3.63, 3.8) is 0 Å². The van der Waals surface area contributed by atoms with Crippen LogP contribution in [0.4, 0.5) is 8.78 Å². The molecule has 0 aliphatic carbocycles. The molecular formula is C11H13F2NO. The summed E-state index contributed by atoms with van der Waals surface area (Å²) in [5.41, 5.74) is 0.363. The first-order valence-electron chi connectivity index (χ1n) is 5.01. The molecule has 0 radical (unpaired) electrons. The van der Waals surface area contributed by atoms with Crippen LogP contribution in [-0.4, -0.2) is 19.3 Å². The van der Waals surface area contributed by atoms with Crippen LogP contribution in [0.3, 0.4) is 0 Å². The topological polar surface area (TPSA) is 21.3 Å². The average molecular weight is 213 g/mol. The first-order valence-corrected chi connectivity index (χ1v) is 5.01. The predicted octanol–water partition coefficient (Wildman–Crippen LogP) is 1.84. The molecule has 2 rings (SSSR count). The van der Waals surface area contributed by atoms with Crippen LogP contribution in [0.15, 0.2) is 18.2 Å². The van der Waals surface area contributed by atoms with E-state index in [9.17, 15) is 8.78 Å². The van der Waals surface area contributed by atoms with Crippen molar-refractivity contribution in [2.45, 2.75) is 19.0 Å². The van der Waals surface area contributed by atoms with Gasteiger partial charge in [-0.25, -0.2) is 8.78 Å². The molecule has 0 aromatic heterocycles. The molecule has 2 nitrogen and oxygen atoms in total. The number of hydrogen-bond acceptors (Lipinski definition) is 2. The van der Waals surface area contributed by atoms with Crippen LogP contribution >= 0.6 is 0 Å². The van der Waals surface area contributed by atoms with Gasteiger partial charge in [-0.3, -0.25) is 0 Å². The molecule has 1 atom stereocenters. The summed E-state index contributed by atoms with van der Waals surface area (Å²) >= 11 is 0. The molecule has 1 saturated heterocycles. The van der Waals surface area contributed by atoms with Gasteiger partial charge in [-0.1, -0.05) is 12.1 Å². The molecule has 1 aromatic carbocycles. The Labute approximate surface area is 87.2 Å². The third-order valence-electron chi connectivity index (χ3n) is 2.54. The van der Waals surface area contributed by atoms with Gasteiger partial charge in [0.15, 0.2) is 11.6 Å². The van der Waals surface area contributed by atoms with Crippen molar-refractivity contribution in [2.75, 3.05) is 13.2 Å². The molecule has 1 aliphatic rings. The second kappa shape index (κ2) is 4.68. The number of nitrogens with one attached hydrogen (secondary N) is 1. The Morgan fingerprint density at radius 3 is 3.00 bits per heavy atom. The fourth-order valence-corrected chi connectivity index (χ4v) is 1.63. The zero-order valence-electron chi connectivity index (χ0n) is 8.30.